The van der Waals surface area contributed by atoms with Crippen molar-refractivity contribution < 1.29 is 9.59 Å². The van der Waals surface area contributed by atoms with E-state index in [4.69, 9.17) is 0 Å². The van der Waals surface area contributed by atoms with Crippen LogP contribution in [0.5, 0.6) is 0 Å². The molecule has 0 aromatic heterocycles. The topological polar surface area (TPSA) is 58.2 Å². The molecular weight excluding hydrogens is 412 g/mol. The van der Waals surface area contributed by atoms with E-state index in [1.807, 2.05) is 91.4 Å². The third kappa shape index (κ3) is 5.68. The fraction of sp³-hybridized carbons (Fsp3) is 0.167. The van der Waals surface area contributed by atoms with E-state index >= 15 is 0 Å². The summed E-state index contributed by atoms with van der Waals surface area (Å²) in [6, 6.07) is 24.8. The molecule has 3 rings (SSSR count). The Morgan fingerprint density at radius 1 is 0.700 bits per heavy atom. The van der Waals surface area contributed by atoms with Crippen LogP contribution >= 0.6 is 23.5 Å². The minimum absolute atomic E-state index is 0.320. The molecule has 30 heavy (non-hydrogen) atoms. The number of para-hydroxylation sites is 2. The standard InChI is InChI=1S/C24H24N2O2S2/c1-29-21-14-8-6-12-19(21)25-23(27)18(16-17-10-4-3-5-11-17)24(28)26-20-13-7-9-15-22(20)30-2/h3-15,18H,16H2,1-2H3,(H,25,27)(H,26,28). The number of hydrogen-bond acceptors (Lipinski definition) is 4. The number of thioether (sulfide) groups is 2. The van der Waals surface area contributed by atoms with Gasteiger partial charge in [0.15, 0.2) is 0 Å². The van der Waals surface area contributed by atoms with Gasteiger partial charge in [-0.3, -0.25) is 9.59 Å². The summed E-state index contributed by atoms with van der Waals surface area (Å²) in [7, 11) is 0. The molecule has 154 valence electrons. The van der Waals surface area contributed by atoms with Crippen LogP contribution in [0.1, 0.15) is 5.56 Å². The maximum absolute atomic E-state index is 13.2. The number of carbonyl (C=O) groups is 2. The predicted molar refractivity (Wildman–Crippen MR) is 127 cm³/mol. The number of rotatable bonds is 8. The number of nitrogens with one attached hydrogen (secondary N) is 2. The molecule has 0 heterocycles. The van der Waals surface area contributed by atoms with Gasteiger partial charge in [0.1, 0.15) is 5.92 Å². The summed E-state index contributed by atoms with van der Waals surface area (Å²) >= 11 is 3.10. The van der Waals surface area contributed by atoms with Crippen molar-refractivity contribution in [3.05, 3.63) is 84.4 Å². The second-order valence-corrected chi connectivity index (χ2v) is 8.32. The summed E-state index contributed by atoms with van der Waals surface area (Å²) in [5.41, 5.74) is 2.36. The summed E-state index contributed by atoms with van der Waals surface area (Å²) in [6.45, 7) is 0. The molecule has 0 saturated carbocycles. The summed E-state index contributed by atoms with van der Waals surface area (Å²) < 4.78 is 0. The lowest BCUT2D eigenvalue weighted by Crippen LogP contribution is -2.35. The summed E-state index contributed by atoms with van der Waals surface area (Å²) in [6.07, 6.45) is 4.23. The quantitative estimate of drug-likeness (QED) is 0.358. The molecule has 0 unspecified atom stereocenters. The van der Waals surface area contributed by atoms with E-state index in [1.54, 1.807) is 23.5 Å². The van der Waals surface area contributed by atoms with Gasteiger partial charge in [-0.1, -0.05) is 54.6 Å². The molecule has 3 aromatic rings. The smallest absolute Gasteiger partial charge is 0.237 e. The molecule has 0 aliphatic rings. The van der Waals surface area contributed by atoms with Gasteiger partial charge in [-0.25, -0.2) is 0 Å². The zero-order valence-corrected chi connectivity index (χ0v) is 18.6. The Balaban J connectivity index is 1.85. The van der Waals surface area contributed by atoms with Gasteiger partial charge in [-0.05, 0) is 48.8 Å². The molecule has 0 spiro atoms. The molecule has 0 fully saturated rings. The average molecular weight is 437 g/mol. The van der Waals surface area contributed by atoms with Crippen LogP contribution in [0.2, 0.25) is 0 Å². The van der Waals surface area contributed by atoms with Gasteiger partial charge in [0, 0.05) is 9.79 Å². The highest BCUT2D eigenvalue weighted by Crippen LogP contribution is 2.27. The van der Waals surface area contributed by atoms with Crippen LogP contribution in [0.25, 0.3) is 0 Å². The lowest BCUT2D eigenvalue weighted by Gasteiger charge is -2.19. The predicted octanol–water partition coefficient (Wildman–Crippen LogP) is 5.57. The Labute approximate surface area is 185 Å². The maximum atomic E-state index is 13.2. The first-order chi connectivity index (χ1) is 14.6. The van der Waals surface area contributed by atoms with Gasteiger partial charge < -0.3 is 10.6 Å². The number of anilines is 2. The number of hydrogen-bond donors (Lipinski definition) is 2. The number of carbonyl (C=O) groups excluding carboxylic acids is 2. The van der Waals surface area contributed by atoms with Crippen LogP contribution < -0.4 is 10.6 Å². The van der Waals surface area contributed by atoms with E-state index in [-0.39, 0.29) is 11.8 Å². The molecule has 0 saturated heterocycles. The minimum atomic E-state index is -0.864. The van der Waals surface area contributed by atoms with Crippen molar-refractivity contribution >= 4 is 46.7 Å². The Morgan fingerprint density at radius 3 is 1.60 bits per heavy atom. The molecule has 0 aliphatic carbocycles. The van der Waals surface area contributed by atoms with E-state index in [1.165, 1.54) is 0 Å². The molecular formula is C24H24N2O2S2. The monoisotopic (exact) mass is 436 g/mol. The molecule has 0 radical (unpaired) electrons. The number of amides is 2. The molecule has 3 aromatic carbocycles. The molecule has 0 bridgehead atoms. The van der Waals surface area contributed by atoms with Gasteiger partial charge in [0.25, 0.3) is 0 Å². The molecule has 4 nitrogen and oxygen atoms in total. The van der Waals surface area contributed by atoms with Gasteiger partial charge in [0.05, 0.1) is 11.4 Å². The van der Waals surface area contributed by atoms with Crippen molar-refractivity contribution in [2.24, 2.45) is 5.92 Å². The SMILES string of the molecule is CSc1ccccc1NC(=O)C(Cc1ccccc1)C(=O)Nc1ccccc1SC. The first kappa shape index (κ1) is 22.0. The lowest BCUT2D eigenvalue weighted by atomic mass is 9.97. The molecule has 2 amide bonds. The fourth-order valence-electron chi connectivity index (χ4n) is 3.09. The third-order valence-corrected chi connectivity index (χ3v) is 6.24. The van der Waals surface area contributed by atoms with Gasteiger partial charge in [-0.2, -0.15) is 0 Å². The highest BCUT2D eigenvalue weighted by atomic mass is 32.2. The van der Waals surface area contributed by atoms with Crippen LogP contribution in [0.3, 0.4) is 0 Å². The van der Waals surface area contributed by atoms with Crippen molar-refractivity contribution in [3.8, 4) is 0 Å². The van der Waals surface area contributed by atoms with E-state index in [0.29, 0.717) is 17.8 Å². The maximum Gasteiger partial charge on any atom is 0.237 e. The Kier molecular flexibility index (Phi) is 7.99. The van der Waals surface area contributed by atoms with Gasteiger partial charge in [-0.15, -0.1) is 23.5 Å². The van der Waals surface area contributed by atoms with Gasteiger partial charge in [0.2, 0.25) is 11.8 Å². The highest BCUT2D eigenvalue weighted by Gasteiger charge is 2.28. The van der Waals surface area contributed by atoms with Crippen molar-refractivity contribution in [3.63, 3.8) is 0 Å². The molecule has 0 atom stereocenters. The lowest BCUT2D eigenvalue weighted by molar-refractivity contribution is -0.129. The van der Waals surface area contributed by atoms with Crippen molar-refractivity contribution in [2.75, 3.05) is 23.1 Å². The van der Waals surface area contributed by atoms with Crippen LogP contribution in [0.15, 0.2) is 88.7 Å². The highest BCUT2D eigenvalue weighted by molar-refractivity contribution is 7.99. The van der Waals surface area contributed by atoms with Crippen LogP contribution in [0, 0.1) is 5.92 Å². The Hall–Kier alpha value is -2.70. The van der Waals surface area contributed by atoms with E-state index < -0.39 is 5.92 Å². The summed E-state index contributed by atoms with van der Waals surface area (Å²) in [5, 5.41) is 5.90. The molecule has 2 N–H and O–H groups in total. The van der Waals surface area contributed by atoms with Crippen molar-refractivity contribution in [1.82, 2.24) is 0 Å². The van der Waals surface area contributed by atoms with Crippen LogP contribution in [0.4, 0.5) is 11.4 Å². The second kappa shape index (κ2) is 10.9. The minimum Gasteiger partial charge on any atom is -0.324 e. The van der Waals surface area contributed by atoms with E-state index in [2.05, 4.69) is 10.6 Å². The van der Waals surface area contributed by atoms with Crippen LogP contribution in [-0.2, 0) is 16.0 Å². The largest absolute Gasteiger partial charge is 0.324 e. The van der Waals surface area contributed by atoms with E-state index in [0.717, 1.165) is 15.4 Å². The fourth-order valence-corrected chi connectivity index (χ4v) is 4.20. The van der Waals surface area contributed by atoms with Crippen LogP contribution in [-0.4, -0.2) is 24.3 Å². The van der Waals surface area contributed by atoms with Crippen molar-refractivity contribution in [2.45, 2.75) is 16.2 Å². The first-order valence-electron chi connectivity index (χ1n) is 9.54. The normalized spacial score (nSPS) is 10.6. The van der Waals surface area contributed by atoms with E-state index in [9.17, 15) is 9.59 Å². The average Bonchev–Trinajstić information content (AvgIpc) is 2.78. The summed E-state index contributed by atoms with van der Waals surface area (Å²) in [5.74, 6) is -1.50. The zero-order chi connectivity index (χ0) is 21.3. The van der Waals surface area contributed by atoms with Gasteiger partial charge >= 0.3 is 0 Å². The zero-order valence-electron chi connectivity index (χ0n) is 16.9. The van der Waals surface area contributed by atoms with Crippen molar-refractivity contribution in [1.29, 1.82) is 0 Å². The first-order valence-corrected chi connectivity index (χ1v) is 12.0. The summed E-state index contributed by atoms with van der Waals surface area (Å²) in [4.78, 5) is 28.3. The molecule has 0 aliphatic heterocycles. The molecule has 6 heteroatoms. The number of benzene rings is 3. The second-order valence-electron chi connectivity index (χ2n) is 6.62. The third-order valence-electron chi connectivity index (χ3n) is 4.65. The Bertz CT molecular complexity index is 947. The Morgan fingerprint density at radius 2 is 1.13 bits per heavy atom.